The molecule has 1 heterocycles. The summed E-state index contributed by atoms with van der Waals surface area (Å²) in [6.45, 7) is 0.00529. The van der Waals surface area contributed by atoms with Crippen molar-refractivity contribution in [3.05, 3.63) is 82.7 Å². The number of fused-ring (bicyclic) bond motifs is 1. The highest BCUT2D eigenvalue weighted by Crippen LogP contribution is 2.15. The van der Waals surface area contributed by atoms with Gasteiger partial charge in [-0.05, 0) is 17.7 Å². The minimum absolute atomic E-state index is 0.0226. The molecule has 24 heavy (non-hydrogen) atoms. The van der Waals surface area contributed by atoms with E-state index in [-0.39, 0.29) is 19.1 Å². The summed E-state index contributed by atoms with van der Waals surface area (Å²) in [6, 6.07) is 20.5. The predicted octanol–water partition coefficient (Wildman–Crippen LogP) is 3.66. The van der Waals surface area contributed by atoms with E-state index in [1.54, 1.807) is 22.8 Å². The van der Waals surface area contributed by atoms with Crippen molar-refractivity contribution in [2.24, 2.45) is 5.11 Å². The minimum Gasteiger partial charge on any atom is -0.438 e. The molecule has 0 radical (unpaired) electrons. The van der Waals surface area contributed by atoms with Crippen molar-refractivity contribution in [2.45, 2.75) is 6.54 Å². The van der Waals surface area contributed by atoms with Crippen LogP contribution in [-0.2, 0) is 6.54 Å². The van der Waals surface area contributed by atoms with Crippen LogP contribution in [0.5, 0.6) is 5.88 Å². The molecule has 0 aliphatic heterocycles. The zero-order valence-corrected chi connectivity index (χ0v) is 12.9. The Labute approximate surface area is 138 Å². The molecule has 6 nitrogen and oxygen atoms in total. The van der Waals surface area contributed by atoms with E-state index in [1.165, 1.54) is 0 Å². The largest absolute Gasteiger partial charge is 0.438 e. The van der Waals surface area contributed by atoms with Crippen molar-refractivity contribution in [3.8, 4) is 5.88 Å². The number of carbonyl (C=O) groups is 1. The van der Waals surface area contributed by atoms with E-state index in [4.69, 9.17) is 10.3 Å². The van der Waals surface area contributed by atoms with Gasteiger partial charge in [-0.1, -0.05) is 47.6 Å². The predicted molar refractivity (Wildman–Crippen MR) is 89.6 cm³/mol. The molecule has 0 atom stereocenters. The number of benzene rings is 2. The average molecular weight is 319 g/mol. The van der Waals surface area contributed by atoms with Crippen LogP contribution in [0.2, 0.25) is 0 Å². The summed E-state index contributed by atoms with van der Waals surface area (Å²) in [5.74, 6) is 0.455. The minimum atomic E-state index is -0.131. The third kappa shape index (κ3) is 3.34. The molecule has 6 heteroatoms. The van der Waals surface area contributed by atoms with Gasteiger partial charge in [-0.25, -0.2) is 0 Å². The maximum Gasteiger partial charge on any atom is 0.368 e. The Balaban J connectivity index is 2.00. The van der Waals surface area contributed by atoms with Crippen LogP contribution < -0.4 is 9.30 Å². The standard InChI is InChI=1S/C18H15N4O2/c19-21-20-13-24-18-11-10-14-6-4-5-9-16(14)22(18)12-17(23)15-7-2-1-3-8-15/h1-11H,12-13H2/q+1. The third-order valence-electron chi connectivity index (χ3n) is 3.63. The van der Waals surface area contributed by atoms with E-state index >= 15 is 0 Å². The maximum atomic E-state index is 12.6. The number of hydrogen-bond acceptors (Lipinski definition) is 3. The van der Waals surface area contributed by atoms with Gasteiger partial charge >= 0.3 is 5.88 Å². The summed E-state index contributed by atoms with van der Waals surface area (Å²) in [7, 11) is 0. The molecule has 0 fully saturated rings. The van der Waals surface area contributed by atoms with Gasteiger partial charge in [-0.3, -0.25) is 4.79 Å². The van der Waals surface area contributed by atoms with E-state index in [0.717, 1.165) is 10.9 Å². The second kappa shape index (κ2) is 7.26. The summed E-state index contributed by atoms with van der Waals surface area (Å²) in [4.78, 5) is 15.3. The molecule has 118 valence electrons. The molecule has 0 bridgehead atoms. The quantitative estimate of drug-likeness (QED) is 0.228. The number of Topliss-reactive ketones (excluding diaryl/α,β-unsaturated/α-hetero) is 1. The summed E-state index contributed by atoms with van der Waals surface area (Å²) < 4.78 is 7.30. The van der Waals surface area contributed by atoms with E-state index < -0.39 is 0 Å². The number of azide groups is 1. The van der Waals surface area contributed by atoms with Gasteiger partial charge in [0.25, 0.3) is 0 Å². The third-order valence-corrected chi connectivity index (χ3v) is 3.63. The Kier molecular flexibility index (Phi) is 4.70. The average Bonchev–Trinajstić information content (AvgIpc) is 2.64. The van der Waals surface area contributed by atoms with Crippen LogP contribution in [0.25, 0.3) is 21.3 Å². The number of rotatable bonds is 6. The number of carbonyl (C=O) groups excluding carboxylic acids is 1. The molecule has 0 unspecified atom stereocenters. The molecule has 0 N–H and O–H groups in total. The van der Waals surface area contributed by atoms with Crippen LogP contribution in [0.1, 0.15) is 10.4 Å². The van der Waals surface area contributed by atoms with E-state index in [0.29, 0.717) is 11.4 Å². The van der Waals surface area contributed by atoms with Crippen molar-refractivity contribution in [2.75, 3.05) is 6.73 Å². The zero-order valence-electron chi connectivity index (χ0n) is 12.9. The van der Waals surface area contributed by atoms with Crippen molar-refractivity contribution in [3.63, 3.8) is 0 Å². The van der Waals surface area contributed by atoms with Crippen LogP contribution >= 0.6 is 0 Å². The van der Waals surface area contributed by atoms with Crippen molar-refractivity contribution >= 4 is 16.7 Å². The fourth-order valence-corrected chi connectivity index (χ4v) is 2.51. The van der Waals surface area contributed by atoms with Crippen molar-refractivity contribution in [1.82, 2.24) is 0 Å². The number of hydrogen-bond donors (Lipinski definition) is 0. The van der Waals surface area contributed by atoms with E-state index in [9.17, 15) is 4.79 Å². The number of para-hydroxylation sites is 1. The molecule has 0 saturated heterocycles. The summed E-state index contributed by atoms with van der Waals surface area (Å²) in [6.07, 6.45) is 0. The summed E-state index contributed by atoms with van der Waals surface area (Å²) in [5, 5.41) is 4.38. The lowest BCUT2D eigenvalue weighted by Gasteiger charge is -2.07. The fourth-order valence-electron chi connectivity index (χ4n) is 2.51. The summed E-state index contributed by atoms with van der Waals surface area (Å²) >= 11 is 0. The first-order valence-electron chi connectivity index (χ1n) is 7.43. The van der Waals surface area contributed by atoms with Crippen LogP contribution in [-0.4, -0.2) is 12.5 Å². The molecule has 3 rings (SSSR count). The van der Waals surface area contributed by atoms with Crippen LogP contribution in [0.15, 0.2) is 71.8 Å². The van der Waals surface area contributed by atoms with Crippen LogP contribution in [0.3, 0.4) is 0 Å². The number of ether oxygens (including phenoxy) is 1. The van der Waals surface area contributed by atoms with Crippen LogP contribution in [0, 0.1) is 0 Å². The Bertz CT molecular complexity index is 919. The topological polar surface area (TPSA) is 78.9 Å². The lowest BCUT2D eigenvalue weighted by atomic mass is 10.1. The first-order chi connectivity index (χ1) is 11.8. The molecule has 0 spiro atoms. The molecule has 0 amide bonds. The van der Waals surface area contributed by atoms with Crippen LogP contribution in [0.4, 0.5) is 0 Å². The second-order valence-electron chi connectivity index (χ2n) is 5.11. The molecular weight excluding hydrogens is 304 g/mol. The summed E-state index contributed by atoms with van der Waals surface area (Å²) in [5.41, 5.74) is 9.91. The van der Waals surface area contributed by atoms with Gasteiger partial charge < -0.3 is 4.74 Å². The van der Waals surface area contributed by atoms with Gasteiger partial charge in [0.2, 0.25) is 17.8 Å². The van der Waals surface area contributed by atoms with Gasteiger partial charge in [-0.2, -0.15) is 4.57 Å². The highest BCUT2D eigenvalue weighted by atomic mass is 16.5. The van der Waals surface area contributed by atoms with E-state index in [2.05, 4.69) is 10.0 Å². The molecule has 3 aromatic rings. The van der Waals surface area contributed by atoms with E-state index in [1.807, 2.05) is 48.5 Å². The SMILES string of the molecule is [N-]=[N+]=NCOc1ccc2ccccc2[n+]1CC(=O)c1ccccc1. The monoisotopic (exact) mass is 319 g/mol. The number of ketones is 1. The Morgan fingerprint density at radius 2 is 1.79 bits per heavy atom. The number of aromatic nitrogens is 1. The second-order valence-corrected chi connectivity index (χ2v) is 5.11. The Morgan fingerprint density at radius 1 is 1.04 bits per heavy atom. The van der Waals surface area contributed by atoms with Gasteiger partial charge in [0.15, 0.2) is 6.73 Å². The smallest absolute Gasteiger partial charge is 0.368 e. The lowest BCUT2D eigenvalue weighted by molar-refractivity contribution is -0.663. The van der Waals surface area contributed by atoms with Crippen molar-refractivity contribution < 1.29 is 14.1 Å². The molecule has 0 saturated carbocycles. The number of pyridine rings is 1. The highest BCUT2D eigenvalue weighted by molar-refractivity contribution is 5.95. The molecule has 1 aromatic heterocycles. The van der Waals surface area contributed by atoms with Gasteiger partial charge in [0.1, 0.15) is 0 Å². The lowest BCUT2D eigenvalue weighted by Crippen LogP contribution is -2.40. The zero-order chi connectivity index (χ0) is 16.8. The molecular formula is C18H15N4O2+. The van der Waals surface area contributed by atoms with Crippen molar-refractivity contribution in [1.29, 1.82) is 0 Å². The van der Waals surface area contributed by atoms with Gasteiger partial charge in [0.05, 0.1) is 6.07 Å². The molecule has 0 aliphatic carbocycles. The molecule has 2 aromatic carbocycles. The van der Waals surface area contributed by atoms with Gasteiger partial charge in [0, 0.05) is 21.9 Å². The first kappa shape index (κ1) is 15.5. The highest BCUT2D eigenvalue weighted by Gasteiger charge is 2.21. The maximum absolute atomic E-state index is 12.6. The fraction of sp³-hybridized carbons (Fsp3) is 0.111. The number of nitrogens with zero attached hydrogens (tertiary/aromatic N) is 4. The first-order valence-corrected chi connectivity index (χ1v) is 7.43. The normalized spacial score (nSPS) is 10.2. The van der Waals surface area contributed by atoms with Gasteiger partial charge in [-0.15, -0.1) is 0 Å². The Morgan fingerprint density at radius 3 is 2.58 bits per heavy atom. The molecule has 0 aliphatic rings. The Hall–Kier alpha value is -3.37.